The van der Waals surface area contributed by atoms with Crippen molar-refractivity contribution in [2.75, 3.05) is 0 Å². The second kappa shape index (κ2) is 4.68. The smallest absolute Gasteiger partial charge is 0.0326 e. The summed E-state index contributed by atoms with van der Waals surface area (Å²) < 4.78 is 0. The highest BCUT2D eigenvalue weighted by molar-refractivity contribution is 4.88. The van der Waals surface area contributed by atoms with Crippen molar-refractivity contribution in [3.63, 3.8) is 0 Å². The van der Waals surface area contributed by atoms with Gasteiger partial charge in [0, 0.05) is 0 Å². The van der Waals surface area contributed by atoms with Gasteiger partial charge in [-0.05, 0) is 48.9 Å². The van der Waals surface area contributed by atoms with Gasteiger partial charge < -0.3 is 0 Å². The van der Waals surface area contributed by atoms with Crippen molar-refractivity contribution >= 4 is 0 Å². The van der Waals surface area contributed by atoms with E-state index >= 15 is 0 Å². The fourth-order valence-corrected chi connectivity index (χ4v) is 2.61. The first-order valence-electron chi connectivity index (χ1n) is 6.42. The largest absolute Gasteiger partial charge is 0.0628 e. The maximum atomic E-state index is 2.47. The van der Waals surface area contributed by atoms with Crippen LogP contribution in [0.5, 0.6) is 0 Å². The molecular weight excluding hydrogens is 168 g/mol. The maximum Gasteiger partial charge on any atom is -0.0326 e. The molecule has 14 heavy (non-hydrogen) atoms. The third kappa shape index (κ3) is 4.02. The Labute approximate surface area is 90.5 Å². The third-order valence-electron chi connectivity index (χ3n) is 3.84. The molecule has 0 N–H and O–H groups in total. The Bertz CT molecular complexity index is 163. The Morgan fingerprint density at radius 3 is 2.14 bits per heavy atom. The average Bonchev–Trinajstić information content (AvgIpc) is 2.81. The highest BCUT2D eigenvalue weighted by atomic mass is 14.4. The summed E-state index contributed by atoms with van der Waals surface area (Å²) in [5, 5.41) is 0. The van der Waals surface area contributed by atoms with Crippen molar-refractivity contribution in [2.24, 2.45) is 23.2 Å². The van der Waals surface area contributed by atoms with Gasteiger partial charge in [0.25, 0.3) is 0 Å². The number of hydrogen-bond acceptors (Lipinski definition) is 0. The summed E-state index contributed by atoms with van der Waals surface area (Å²) in [5.74, 6) is 2.84. The van der Waals surface area contributed by atoms with E-state index in [2.05, 4.69) is 34.6 Å². The van der Waals surface area contributed by atoms with Crippen LogP contribution in [-0.2, 0) is 0 Å². The van der Waals surface area contributed by atoms with Crippen molar-refractivity contribution in [3.8, 4) is 0 Å². The minimum Gasteiger partial charge on any atom is -0.0628 e. The molecule has 0 aromatic rings. The molecule has 0 heteroatoms. The van der Waals surface area contributed by atoms with Crippen LogP contribution in [0.15, 0.2) is 0 Å². The van der Waals surface area contributed by atoms with Crippen LogP contribution in [0.3, 0.4) is 0 Å². The summed E-state index contributed by atoms with van der Waals surface area (Å²) in [6.45, 7) is 12.0. The molecule has 1 saturated carbocycles. The molecule has 1 rings (SSSR count). The van der Waals surface area contributed by atoms with Crippen molar-refractivity contribution < 1.29 is 0 Å². The Kier molecular flexibility index (Phi) is 4.04. The minimum absolute atomic E-state index is 0.630. The fourth-order valence-electron chi connectivity index (χ4n) is 2.61. The van der Waals surface area contributed by atoms with Crippen LogP contribution in [0.1, 0.15) is 66.7 Å². The summed E-state index contributed by atoms with van der Waals surface area (Å²) in [6, 6.07) is 0. The zero-order valence-corrected chi connectivity index (χ0v) is 10.8. The molecule has 84 valence electrons. The van der Waals surface area contributed by atoms with Gasteiger partial charge in [-0.1, -0.05) is 41.0 Å². The van der Waals surface area contributed by atoms with Gasteiger partial charge in [-0.2, -0.15) is 0 Å². The first kappa shape index (κ1) is 12.1. The predicted molar refractivity (Wildman–Crippen MR) is 64.4 cm³/mol. The molecule has 1 aliphatic rings. The second-order valence-electron chi connectivity index (χ2n) is 6.54. The van der Waals surface area contributed by atoms with E-state index in [1.807, 2.05) is 0 Å². The van der Waals surface area contributed by atoms with Crippen LogP contribution in [0, 0.1) is 23.2 Å². The van der Waals surface area contributed by atoms with Crippen LogP contribution >= 0.6 is 0 Å². The lowest BCUT2D eigenvalue weighted by molar-refractivity contribution is 0.247. The summed E-state index contributed by atoms with van der Waals surface area (Å²) in [5.41, 5.74) is 0.630. The molecule has 0 nitrogen and oxygen atoms in total. The minimum atomic E-state index is 0.630. The molecule has 1 fully saturated rings. The van der Waals surface area contributed by atoms with Crippen LogP contribution in [0.2, 0.25) is 0 Å². The van der Waals surface area contributed by atoms with E-state index in [1.165, 1.54) is 32.1 Å². The lowest BCUT2D eigenvalue weighted by Gasteiger charge is -2.26. The summed E-state index contributed by atoms with van der Waals surface area (Å²) in [4.78, 5) is 0. The van der Waals surface area contributed by atoms with E-state index in [1.54, 1.807) is 0 Å². The van der Waals surface area contributed by atoms with E-state index < -0.39 is 0 Å². The normalized spacial score (nSPS) is 20.1. The van der Waals surface area contributed by atoms with Crippen molar-refractivity contribution in [3.05, 3.63) is 0 Å². The molecule has 0 aromatic carbocycles. The molecule has 0 bridgehead atoms. The van der Waals surface area contributed by atoms with E-state index in [0.717, 1.165) is 17.8 Å². The van der Waals surface area contributed by atoms with Gasteiger partial charge in [0.15, 0.2) is 0 Å². The van der Waals surface area contributed by atoms with E-state index in [-0.39, 0.29) is 0 Å². The van der Waals surface area contributed by atoms with Gasteiger partial charge in [-0.15, -0.1) is 0 Å². The SMILES string of the molecule is CC(C)CC(C)CCC(C)(C)C1CC1. The molecule has 0 heterocycles. The Balaban J connectivity index is 2.18. The van der Waals surface area contributed by atoms with Crippen molar-refractivity contribution in [1.82, 2.24) is 0 Å². The lowest BCUT2D eigenvalue weighted by Crippen LogP contribution is -2.15. The van der Waals surface area contributed by atoms with Gasteiger partial charge in [0.1, 0.15) is 0 Å². The van der Waals surface area contributed by atoms with Gasteiger partial charge in [0.05, 0.1) is 0 Å². The summed E-state index contributed by atoms with van der Waals surface area (Å²) >= 11 is 0. The van der Waals surface area contributed by atoms with Crippen molar-refractivity contribution in [1.29, 1.82) is 0 Å². The summed E-state index contributed by atoms with van der Waals surface area (Å²) in [7, 11) is 0. The Morgan fingerprint density at radius 2 is 1.71 bits per heavy atom. The van der Waals surface area contributed by atoms with Gasteiger partial charge >= 0.3 is 0 Å². The van der Waals surface area contributed by atoms with E-state index in [0.29, 0.717) is 5.41 Å². The first-order valence-corrected chi connectivity index (χ1v) is 6.42. The molecular formula is C14H28. The van der Waals surface area contributed by atoms with Crippen LogP contribution in [-0.4, -0.2) is 0 Å². The van der Waals surface area contributed by atoms with Crippen LogP contribution < -0.4 is 0 Å². The Hall–Kier alpha value is 0. The van der Waals surface area contributed by atoms with Crippen LogP contribution in [0.4, 0.5) is 0 Å². The van der Waals surface area contributed by atoms with E-state index in [9.17, 15) is 0 Å². The topological polar surface area (TPSA) is 0 Å². The predicted octanol–water partition coefficient (Wildman–Crippen LogP) is 4.89. The number of rotatable bonds is 6. The molecule has 1 aliphatic carbocycles. The molecule has 1 unspecified atom stereocenters. The molecule has 0 saturated heterocycles. The fraction of sp³-hybridized carbons (Fsp3) is 1.00. The van der Waals surface area contributed by atoms with E-state index in [4.69, 9.17) is 0 Å². The quantitative estimate of drug-likeness (QED) is 0.567. The third-order valence-corrected chi connectivity index (χ3v) is 3.84. The molecule has 1 atom stereocenters. The molecule has 0 aliphatic heterocycles. The maximum absolute atomic E-state index is 2.47. The summed E-state index contributed by atoms with van der Waals surface area (Å²) in [6.07, 6.45) is 7.26. The zero-order chi connectivity index (χ0) is 10.8. The van der Waals surface area contributed by atoms with Crippen molar-refractivity contribution in [2.45, 2.75) is 66.7 Å². The Morgan fingerprint density at radius 1 is 1.14 bits per heavy atom. The second-order valence-corrected chi connectivity index (χ2v) is 6.54. The molecule has 0 aromatic heterocycles. The van der Waals surface area contributed by atoms with Crippen LogP contribution in [0.25, 0.3) is 0 Å². The first-order chi connectivity index (χ1) is 6.42. The highest BCUT2D eigenvalue weighted by Crippen LogP contribution is 2.48. The number of hydrogen-bond donors (Lipinski definition) is 0. The molecule has 0 spiro atoms. The highest BCUT2D eigenvalue weighted by Gasteiger charge is 2.37. The zero-order valence-electron chi connectivity index (χ0n) is 10.8. The lowest BCUT2D eigenvalue weighted by atomic mass is 9.79. The van der Waals surface area contributed by atoms with Gasteiger partial charge in [0.2, 0.25) is 0 Å². The van der Waals surface area contributed by atoms with Gasteiger partial charge in [-0.3, -0.25) is 0 Å². The molecule has 0 amide bonds. The molecule has 0 radical (unpaired) electrons. The average molecular weight is 196 g/mol. The standard InChI is InChI=1S/C14H28/c1-11(2)10-12(3)8-9-14(4,5)13-6-7-13/h11-13H,6-10H2,1-5H3. The monoisotopic (exact) mass is 196 g/mol. The van der Waals surface area contributed by atoms with Gasteiger partial charge in [-0.25, -0.2) is 0 Å².